The highest BCUT2D eigenvalue weighted by Crippen LogP contribution is 2.19. The van der Waals surface area contributed by atoms with Crippen molar-refractivity contribution in [2.24, 2.45) is 5.41 Å². The molecule has 1 unspecified atom stereocenters. The summed E-state index contributed by atoms with van der Waals surface area (Å²) in [6.07, 6.45) is 3.54. The number of rotatable bonds is 8. The van der Waals surface area contributed by atoms with E-state index in [1.54, 1.807) is 13.8 Å². The molecule has 0 aliphatic heterocycles. The lowest BCUT2D eigenvalue weighted by Gasteiger charge is -2.27. The van der Waals surface area contributed by atoms with Gasteiger partial charge in [0.2, 0.25) is 15.9 Å². The second-order valence-electron chi connectivity index (χ2n) is 6.61. The summed E-state index contributed by atoms with van der Waals surface area (Å²) in [6, 6.07) is -0.00614. The predicted molar refractivity (Wildman–Crippen MR) is 83.7 cm³/mol. The van der Waals surface area contributed by atoms with Gasteiger partial charge in [-0.2, -0.15) is 0 Å². The van der Waals surface area contributed by atoms with Crippen molar-refractivity contribution in [3.8, 4) is 0 Å². The van der Waals surface area contributed by atoms with E-state index in [0.717, 1.165) is 32.1 Å². The fraction of sp³-hybridized carbons (Fsp3) is 0.929. The molecule has 130 valence electrons. The Morgan fingerprint density at radius 3 is 2.41 bits per heavy atom. The quantitative estimate of drug-likeness (QED) is 0.487. The molecule has 0 saturated heterocycles. The Morgan fingerprint density at radius 1 is 1.27 bits per heavy atom. The third kappa shape index (κ3) is 6.20. The maximum Gasteiger partial charge on any atom is 0.249 e. The van der Waals surface area contributed by atoms with Crippen LogP contribution in [-0.2, 0) is 14.8 Å². The smallest absolute Gasteiger partial charge is 0.249 e. The molecule has 0 aromatic rings. The summed E-state index contributed by atoms with van der Waals surface area (Å²) >= 11 is 0. The van der Waals surface area contributed by atoms with Crippen molar-refractivity contribution < 1.29 is 23.4 Å². The minimum atomic E-state index is -3.44. The number of aliphatic hydroxyl groups excluding tert-OH is 2. The molecule has 1 amide bonds. The van der Waals surface area contributed by atoms with Crippen molar-refractivity contribution in [3.05, 3.63) is 0 Å². The molecule has 1 aliphatic rings. The van der Waals surface area contributed by atoms with Crippen molar-refractivity contribution in [2.45, 2.75) is 58.1 Å². The van der Waals surface area contributed by atoms with Crippen LogP contribution < -0.4 is 10.0 Å². The first-order valence-electron chi connectivity index (χ1n) is 7.74. The monoisotopic (exact) mass is 336 g/mol. The van der Waals surface area contributed by atoms with Crippen LogP contribution in [0.5, 0.6) is 0 Å². The fourth-order valence-electron chi connectivity index (χ4n) is 2.38. The topological polar surface area (TPSA) is 116 Å². The van der Waals surface area contributed by atoms with Gasteiger partial charge in [-0.3, -0.25) is 4.79 Å². The molecule has 22 heavy (non-hydrogen) atoms. The van der Waals surface area contributed by atoms with Crippen molar-refractivity contribution in [2.75, 3.05) is 18.9 Å². The molecule has 0 aromatic heterocycles. The summed E-state index contributed by atoms with van der Waals surface area (Å²) in [7, 11) is -3.44. The molecule has 8 heteroatoms. The van der Waals surface area contributed by atoms with Gasteiger partial charge < -0.3 is 15.5 Å². The lowest BCUT2D eigenvalue weighted by atomic mass is 9.87. The molecule has 1 aliphatic carbocycles. The first-order valence-corrected chi connectivity index (χ1v) is 9.40. The third-order valence-electron chi connectivity index (χ3n) is 4.02. The zero-order valence-corrected chi connectivity index (χ0v) is 14.2. The summed E-state index contributed by atoms with van der Waals surface area (Å²) in [4.78, 5) is 11.7. The largest absolute Gasteiger partial charge is 0.396 e. The molecule has 0 spiro atoms. The number of amides is 1. The summed E-state index contributed by atoms with van der Waals surface area (Å²) < 4.78 is 26.5. The summed E-state index contributed by atoms with van der Waals surface area (Å²) in [6.45, 7) is 2.69. The van der Waals surface area contributed by atoms with Gasteiger partial charge in [0.15, 0.2) is 0 Å². The van der Waals surface area contributed by atoms with Gasteiger partial charge in [0.1, 0.15) is 6.10 Å². The molecule has 1 saturated carbocycles. The van der Waals surface area contributed by atoms with E-state index in [4.69, 9.17) is 5.11 Å². The van der Waals surface area contributed by atoms with Gasteiger partial charge in [0.05, 0.1) is 12.4 Å². The van der Waals surface area contributed by atoms with E-state index in [-0.39, 0.29) is 24.9 Å². The molecule has 7 nitrogen and oxygen atoms in total. The van der Waals surface area contributed by atoms with E-state index >= 15 is 0 Å². The second kappa shape index (κ2) is 8.24. The zero-order chi connectivity index (χ0) is 16.8. The van der Waals surface area contributed by atoms with E-state index in [1.165, 1.54) is 0 Å². The van der Waals surface area contributed by atoms with Crippen LogP contribution in [0.15, 0.2) is 0 Å². The molecule has 1 rings (SSSR count). The molecule has 0 heterocycles. The number of hydrogen-bond acceptors (Lipinski definition) is 5. The highest BCUT2D eigenvalue weighted by Gasteiger charge is 2.33. The SMILES string of the molecule is CC(C)(CO)C(O)C(=O)NCCS(=O)(=O)NC1CCCCC1. The summed E-state index contributed by atoms with van der Waals surface area (Å²) in [5.41, 5.74) is -0.969. The van der Waals surface area contributed by atoms with Crippen molar-refractivity contribution >= 4 is 15.9 Å². The Bertz CT molecular complexity index is 458. The van der Waals surface area contributed by atoms with Crippen LogP contribution >= 0.6 is 0 Å². The number of hydrogen-bond donors (Lipinski definition) is 4. The van der Waals surface area contributed by atoms with Gasteiger partial charge in [0.25, 0.3) is 0 Å². The lowest BCUT2D eigenvalue weighted by molar-refractivity contribution is -0.136. The Morgan fingerprint density at radius 2 is 1.86 bits per heavy atom. The van der Waals surface area contributed by atoms with E-state index in [1.807, 2.05) is 0 Å². The van der Waals surface area contributed by atoms with Crippen LogP contribution in [0.4, 0.5) is 0 Å². The highest BCUT2D eigenvalue weighted by molar-refractivity contribution is 7.89. The van der Waals surface area contributed by atoms with Crippen LogP contribution in [-0.4, -0.2) is 55.6 Å². The van der Waals surface area contributed by atoms with E-state index in [0.29, 0.717) is 0 Å². The van der Waals surface area contributed by atoms with Crippen LogP contribution in [0.3, 0.4) is 0 Å². The minimum absolute atomic E-state index is 0.00614. The first kappa shape index (κ1) is 19.3. The second-order valence-corrected chi connectivity index (χ2v) is 8.49. The molecule has 0 aromatic carbocycles. The molecule has 0 bridgehead atoms. The Kier molecular flexibility index (Phi) is 7.24. The van der Waals surface area contributed by atoms with Crippen LogP contribution in [0.2, 0.25) is 0 Å². The Balaban J connectivity index is 2.37. The van der Waals surface area contributed by atoms with E-state index in [9.17, 15) is 18.3 Å². The van der Waals surface area contributed by atoms with Gasteiger partial charge in [-0.15, -0.1) is 0 Å². The highest BCUT2D eigenvalue weighted by atomic mass is 32.2. The van der Waals surface area contributed by atoms with Crippen LogP contribution in [0.25, 0.3) is 0 Å². The van der Waals surface area contributed by atoms with Crippen molar-refractivity contribution in [1.82, 2.24) is 10.0 Å². The fourth-order valence-corrected chi connectivity index (χ4v) is 3.61. The Hall–Kier alpha value is -0.700. The number of aliphatic hydroxyl groups is 2. The standard InChI is InChI=1S/C14H28N2O5S/c1-14(2,10-17)12(18)13(19)15-8-9-22(20,21)16-11-6-4-3-5-7-11/h11-12,16-18H,3-10H2,1-2H3,(H,15,19). The van der Waals surface area contributed by atoms with Gasteiger partial charge in [-0.25, -0.2) is 13.1 Å². The summed E-state index contributed by atoms with van der Waals surface area (Å²) in [5.74, 6) is -0.895. The predicted octanol–water partition coefficient (Wildman–Crippen LogP) is -0.266. The molecule has 1 atom stereocenters. The molecule has 4 N–H and O–H groups in total. The van der Waals surface area contributed by atoms with Crippen LogP contribution in [0, 0.1) is 5.41 Å². The first-order chi connectivity index (χ1) is 10.2. The number of carbonyl (C=O) groups excluding carboxylic acids is 1. The van der Waals surface area contributed by atoms with Gasteiger partial charge >= 0.3 is 0 Å². The van der Waals surface area contributed by atoms with Crippen molar-refractivity contribution in [1.29, 1.82) is 0 Å². The average Bonchev–Trinajstić information content (AvgIpc) is 2.46. The number of nitrogens with one attached hydrogen (secondary N) is 2. The van der Waals surface area contributed by atoms with Gasteiger partial charge in [-0.05, 0) is 12.8 Å². The number of carbonyl (C=O) groups is 1. The molecule has 0 radical (unpaired) electrons. The minimum Gasteiger partial charge on any atom is -0.396 e. The number of sulfonamides is 1. The maximum absolute atomic E-state index is 11.9. The summed E-state index contributed by atoms with van der Waals surface area (Å²) in [5, 5.41) is 21.3. The molecular formula is C14H28N2O5S. The average molecular weight is 336 g/mol. The van der Waals surface area contributed by atoms with Crippen molar-refractivity contribution in [3.63, 3.8) is 0 Å². The van der Waals surface area contributed by atoms with E-state index in [2.05, 4.69) is 10.0 Å². The molecular weight excluding hydrogens is 308 g/mol. The molecule has 1 fully saturated rings. The maximum atomic E-state index is 11.9. The zero-order valence-electron chi connectivity index (χ0n) is 13.3. The van der Waals surface area contributed by atoms with Gasteiger partial charge in [-0.1, -0.05) is 33.1 Å². The lowest BCUT2D eigenvalue weighted by Crippen LogP contribution is -2.47. The normalized spacial score (nSPS) is 18.9. The Labute approximate surface area is 132 Å². The third-order valence-corrected chi connectivity index (χ3v) is 5.45. The van der Waals surface area contributed by atoms with Gasteiger partial charge in [0, 0.05) is 18.0 Å². The van der Waals surface area contributed by atoms with Crippen LogP contribution in [0.1, 0.15) is 46.0 Å². The van der Waals surface area contributed by atoms with E-state index < -0.39 is 27.4 Å².